The highest BCUT2D eigenvalue weighted by Crippen LogP contribution is 2.27. The minimum Gasteiger partial charge on any atom is -0.496 e. The summed E-state index contributed by atoms with van der Waals surface area (Å²) in [5.41, 5.74) is 2.20. The van der Waals surface area contributed by atoms with Crippen molar-refractivity contribution >= 4 is 5.91 Å². The number of pyridine rings is 1. The molecule has 148 valence electrons. The predicted octanol–water partition coefficient (Wildman–Crippen LogP) is 2.40. The molecule has 0 bridgehead atoms. The van der Waals surface area contributed by atoms with Gasteiger partial charge in [0.1, 0.15) is 11.6 Å². The van der Waals surface area contributed by atoms with Crippen LogP contribution < -0.4 is 10.3 Å². The van der Waals surface area contributed by atoms with Gasteiger partial charge in [-0.2, -0.15) is 0 Å². The molecule has 1 atom stereocenters. The molecule has 4 rings (SSSR count). The Kier molecular flexibility index (Phi) is 5.37. The van der Waals surface area contributed by atoms with Gasteiger partial charge in [0.15, 0.2) is 0 Å². The van der Waals surface area contributed by atoms with Crippen LogP contribution in [0.25, 0.3) is 11.4 Å². The fraction of sp³-hybridized carbons (Fsp3) is 0.273. The highest BCUT2D eigenvalue weighted by atomic mass is 16.5. The zero-order valence-corrected chi connectivity index (χ0v) is 16.2. The van der Waals surface area contributed by atoms with Crippen LogP contribution in [-0.4, -0.2) is 46.0 Å². The minimum atomic E-state index is -0.194. The average molecular weight is 390 g/mol. The van der Waals surface area contributed by atoms with Crippen molar-refractivity contribution in [2.24, 2.45) is 0 Å². The first-order chi connectivity index (χ1) is 14.1. The fourth-order valence-electron chi connectivity index (χ4n) is 3.68. The molecular formula is C22H22N4O3. The van der Waals surface area contributed by atoms with Crippen LogP contribution in [0.2, 0.25) is 0 Å². The van der Waals surface area contributed by atoms with Crippen molar-refractivity contribution in [1.29, 1.82) is 0 Å². The molecule has 0 aliphatic carbocycles. The predicted molar refractivity (Wildman–Crippen MR) is 109 cm³/mol. The average Bonchev–Trinajstić information content (AvgIpc) is 3.25. The summed E-state index contributed by atoms with van der Waals surface area (Å²) in [5.74, 6) is 1.33. The Labute approximate surface area is 168 Å². The second-order valence-electron chi connectivity index (χ2n) is 7.07. The lowest BCUT2D eigenvalue weighted by Crippen LogP contribution is -2.30. The highest BCUT2D eigenvalue weighted by molar-refractivity contribution is 5.80. The van der Waals surface area contributed by atoms with Gasteiger partial charge in [-0.3, -0.25) is 14.6 Å². The third-order valence-corrected chi connectivity index (χ3v) is 5.21. The number of carbonyl (C=O) groups is 1. The molecule has 1 amide bonds. The Morgan fingerprint density at radius 3 is 2.83 bits per heavy atom. The Morgan fingerprint density at radius 2 is 2.03 bits per heavy atom. The van der Waals surface area contributed by atoms with Crippen molar-refractivity contribution in [1.82, 2.24) is 19.9 Å². The van der Waals surface area contributed by atoms with Crippen molar-refractivity contribution in [2.75, 3.05) is 20.2 Å². The van der Waals surface area contributed by atoms with Gasteiger partial charge in [0, 0.05) is 48.6 Å². The number of amides is 1. The Hall–Kier alpha value is -3.48. The first-order valence-corrected chi connectivity index (χ1v) is 9.55. The number of rotatable bonds is 5. The molecule has 2 aromatic heterocycles. The molecule has 1 aliphatic rings. The number of methoxy groups -OCH3 is 1. The van der Waals surface area contributed by atoms with Crippen LogP contribution in [-0.2, 0) is 11.2 Å². The lowest BCUT2D eigenvalue weighted by Gasteiger charge is -2.17. The number of H-pyrrole nitrogens is 1. The first kappa shape index (κ1) is 18.9. The van der Waals surface area contributed by atoms with Gasteiger partial charge < -0.3 is 14.6 Å². The van der Waals surface area contributed by atoms with Crippen LogP contribution in [0.5, 0.6) is 5.75 Å². The Bertz CT molecular complexity index is 1060. The van der Waals surface area contributed by atoms with E-state index in [-0.39, 0.29) is 17.4 Å². The number of ether oxygens (including phenoxy) is 1. The molecule has 3 heterocycles. The summed E-state index contributed by atoms with van der Waals surface area (Å²) < 4.78 is 5.34. The quantitative estimate of drug-likeness (QED) is 0.723. The summed E-state index contributed by atoms with van der Waals surface area (Å²) in [4.78, 5) is 38.2. The van der Waals surface area contributed by atoms with Crippen molar-refractivity contribution < 1.29 is 9.53 Å². The zero-order valence-electron chi connectivity index (χ0n) is 16.2. The molecule has 7 nitrogen and oxygen atoms in total. The van der Waals surface area contributed by atoms with E-state index in [1.54, 1.807) is 31.6 Å². The maximum absolute atomic E-state index is 12.8. The zero-order chi connectivity index (χ0) is 20.2. The smallest absolute Gasteiger partial charge is 0.251 e. The maximum atomic E-state index is 12.8. The highest BCUT2D eigenvalue weighted by Gasteiger charge is 2.29. The molecule has 0 radical (unpaired) electrons. The molecular weight excluding hydrogens is 368 g/mol. The van der Waals surface area contributed by atoms with E-state index in [1.807, 2.05) is 29.2 Å². The van der Waals surface area contributed by atoms with Crippen molar-refractivity contribution in [2.45, 2.75) is 18.8 Å². The van der Waals surface area contributed by atoms with Crippen LogP contribution in [0.3, 0.4) is 0 Å². The molecule has 1 saturated heterocycles. The summed E-state index contributed by atoms with van der Waals surface area (Å²) in [6.45, 7) is 1.21. The maximum Gasteiger partial charge on any atom is 0.251 e. The summed E-state index contributed by atoms with van der Waals surface area (Å²) in [7, 11) is 1.61. The number of aromatic nitrogens is 3. The minimum absolute atomic E-state index is 0.0412. The van der Waals surface area contributed by atoms with E-state index in [0.29, 0.717) is 31.0 Å². The molecule has 29 heavy (non-hydrogen) atoms. The lowest BCUT2D eigenvalue weighted by molar-refractivity contribution is -0.129. The molecule has 0 spiro atoms. The van der Waals surface area contributed by atoms with E-state index in [1.165, 1.54) is 6.07 Å². The molecule has 1 fully saturated rings. The van der Waals surface area contributed by atoms with Crippen LogP contribution >= 0.6 is 0 Å². The number of hydrogen-bond donors (Lipinski definition) is 1. The van der Waals surface area contributed by atoms with E-state index < -0.39 is 0 Å². The standard InChI is InChI=1S/C22H22N4O3/c1-29-19-5-3-2-4-16(19)12-21(28)26-11-8-17(14-26)18-13-20(27)25-22(24-18)15-6-9-23-10-7-15/h2-7,9-10,13,17H,8,11-12,14H2,1H3,(H,24,25,27)/t17-/m0/s1. The number of likely N-dealkylation sites (tertiary alicyclic amines) is 1. The number of benzene rings is 1. The van der Waals surface area contributed by atoms with Crippen molar-refractivity contribution in [3.63, 3.8) is 0 Å². The number of para-hydroxylation sites is 1. The van der Waals surface area contributed by atoms with Gasteiger partial charge in [-0.15, -0.1) is 0 Å². The second kappa shape index (κ2) is 8.26. The number of carbonyl (C=O) groups excluding carboxylic acids is 1. The van der Waals surface area contributed by atoms with Gasteiger partial charge >= 0.3 is 0 Å². The summed E-state index contributed by atoms with van der Waals surface area (Å²) >= 11 is 0. The number of nitrogens with one attached hydrogen (secondary N) is 1. The van der Waals surface area contributed by atoms with Crippen LogP contribution in [0, 0.1) is 0 Å². The molecule has 7 heteroatoms. The van der Waals surface area contributed by atoms with E-state index >= 15 is 0 Å². The topological polar surface area (TPSA) is 88.2 Å². The number of nitrogens with zero attached hydrogens (tertiary/aromatic N) is 3. The Balaban J connectivity index is 1.49. The van der Waals surface area contributed by atoms with Gasteiger partial charge in [-0.25, -0.2) is 4.98 Å². The monoisotopic (exact) mass is 390 g/mol. The molecule has 1 N–H and O–H groups in total. The largest absolute Gasteiger partial charge is 0.496 e. The van der Waals surface area contributed by atoms with Gasteiger partial charge in [-0.05, 0) is 24.6 Å². The van der Waals surface area contributed by atoms with Crippen LogP contribution in [0.4, 0.5) is 0 Å². The van der Waals surface area contributed by atoms with Gasteiger partial charge in [-0.1, -0.05) is 18.2 Å². The molecule has 3 aromatic rings. The van der Waals surface area contributed by atoms with Gasteiger partial charge in [0.2, 0.25) is 5.91 Å². The fourth-order valence-corrected chi connectivity index (χ4v) is 3.68. The number of hydrogen-bond acceptors (Lipinski definition) is 5. The number of aromatic amines is 1. The SMILES string of the molecule is COc1ccccc1CC(=O)N1CC[C@H](c2cc(=O)[nH]c(-c3ccncc3)n2)C1. The lowest BCUT2D eigenvalue weighted by atomic mass is 10.0. The summed E-state index contributed by atoms with van der Waals surface area (Å²) in [6.07, 6.45) is 4.40. The summed E-state index contributed by atoms with van der Waals surface area (Å²) in [6, 6.07) is 12.7. The van der Waals surface area contributed by atoms with E-state index in [4.69, 9.17) is 4.74 Å². The van der Waals surface area contributed by atoms with E-state index in [0.717, 1.165) is 23.3 Å². The molecule has 0 saturated carbocycles. The van der Waals surface area contributed by atoms with Crippen molar-refractivity contribution in [3.05, 3.63) is 76.5 Å². The molecule has 0 unspecified atom stereocenters. The van der Waals surface area contributed by atoms with Gasteiger partial charge in [0.25, 0.3) is 5.56 Å². The Morgan fingerprint density at radius 1 is 1.24 bits per heavy atom. The molecule has 1 aliphatic heterocycles. The third kappa shape index (κ3) is 4.18. The molecule has 1 aromatic carbocycles. The van der Waals surface area contributed by atoms with Crippen LogP contribution in [0.15, 0.2) is 59.7 Å². The third-order valence-electron chi connectivity index (χ3n) is 5.21. The summed E-state index contributed by atoms with van der Waals surface area (Å²) in [5, 5.41) is 0. The van der Waals surface area contributed by atoms with E-state index in [2.05, 4.69) is 15.0 Å². The first-order valence-electron chi connectivity index (χ1n) is 9.55. The van der Waals surface area contributed by atoms with E-state index in [9.17, 15) is 9.59 Å². The normalized spacial score (nSPS) is 16.0. The van der Waals surface area contributed by atoms with Gasteiger partial charge in [0.05, 0.1) is 19.2 Å². The van der Waals surface area contributed by atoms with Crippen LogP contribution in [0.1, 0.15) is 23.6 Å². The van der Waals surface area contributed by atoms with Crippen molar-refractivity contribution in [3.8, 4) is 17.1 Å². The second-order valence-corrected chi connectivity index (χ2v) is 7.07.